The number of carbonyl (C=O) groups excluding carboxylic acids is 1. The second-order valence-corrected chi connectivity index (χ2v) is 6.57. The maximum Gasteiger partial charge on any atom is 0.240 e. The fourth-order valence-corrected chi connectivity index (χ4v) is 3.40. The molecule has 1 aliphatic heterocycles. The van der Waals surface area contributed by atoms with E-state index >= 15 is 0 Å². The molecule has 4 nitrogen and oxygen atoms in total. The molecule has 2 aromatic rings. The number of carbonyl (C=O) groups is 1. The highest BCUT2D eigenvalue weighted by molar-refractivity contribution is 5.83. The molecule has 1 N–H and O–H groups in total. The van der Waals surface area contributed by atoms with Crippen LogP contribution in [0.3, 0.4) is 0 Å². The molecule has 1 aromatic heterocycles. The fourth-order valence-electron chi connectivity index (χ4n) is 3.40. The van der Waals surface area contributed by atoms with Crippen molar-refractivity contribution in [3.8, 4) is 0 Å². The minimum Gasteiger partial charge on any atom is -0.357 e. The van der Waals surface area contributed by atoms with Crippen LogP contribution < -0.4 is 0 Å². The number of benzene rings is 1. The van der Waals surface area contributed by atoms with Gasteiger partial charge in [-0.25, -0.2) is 4.39 Å². The molecule has 0 spiro atoms. The molecule has 124 valence electrons. The van der Waals surface area contributed by atoms with Crippen molar-refractivity contribution in [2.45, 2.75) is 38.3 Å². The van der Waals surface area contributed by atoms with E-state index in [9.17, 15) is 9.18 Å². The molecule has 3 rings (SSSR count). The molecule has 1 atom stereocenters. The average molecular weight is 317 g/mol. The Balaban J connectivity index is 1.71. The van der Waals surface area contributed by atoms with Gasteiger partial charge in [-0.05, 0) is 50.7 Å². The van der Waals surface area contributed by atoms with Gasteiger partial charge in [-0.3, -0.25) is 9.69 Å². The van der Waals surface area contributed by atoms with Crippen molar-refractivity contribution in [3.05, 3.63) is 35.8 Å². The van der Waals surface area contributed by atoms with Crippen LogP contribution in [0.2, 0.25) is 0 Å². The first-order valence-corrected chi connectivity index (χ1v) is 8.27. The first-order valence-electron chi connectivity index (χ1n) is 8.27. The molecular weight excluding hydrogens is 293 g/mol. The molecule has 0 radical (unpaired) electrons. The van der Waals surface area contributed by atoms with Crippen LogP contribution in [0.15, 0.2) is 24.3 Å². The summed E-state index contributed by atoms with van der Waals surface area (Å²) < 4.78 is 13.3. The largest absolute Gasteiger partial charge is 0.357 e. The van der Waals surface area contributed by atoms with Gasteiger partial charge in [-0.15, -0.1) is 0 Å². The van der Waals surface area contributed by atoms with E-state index in [4.69, 9.17) is 0 Å². The van der Waals surface area contributed by atoms with E-state index in [2.05, 4.69) is 9.88 Å². The van der Waals surface area contributed by atoms with Gasteiger partial charge in [0, 0.05) is 23.6 Å². The summed E-state index contributed by atoms with van der Waals surface area (Å²) in [5.41, 5.74) is 1.83. The van der Waals surface area contributed by atoms with Gasteiger partial charge >= 0.3 is 0 Å². The van der Waals surface area contributed by atoms with Gasteiger partial charge < -0.3 is 9.88 Å². The van der Waals surface area contributed by atoms with Crippen molar-refractivity contribution in [3.63, 3.8) is 0 Å². The third-order valence-corrected chi connectivity index (χ3v) is 4.73. The second kappa shape index (κ2) is 6.71. The Morgan fingerprint density at radius 1 is 1.35 bits per heavy atom. The van der Waals surface area contributed by atoms with Crippen LogP contribution in [0.1, 0.15) is 31.4 Å². The summed E-state index contributed by atoms with van der Waals surface area (Å²) in [6.07, 6.45) is 4.40. The van der Waals surface area contributed by atoms with E-state index < -0.39 is 0 Å². The monoisotopic (exact) mass is 317 g/mol. The molecule has 1 aliphatic rings. The summed E-state index contributed by atoms with van der Waals surface area (Å²) in [7, 11) is 3.88. The highest BCUT2D eigenvalue weighted by atomic mass is 19.1. The minimum absolute atomic E-state index is 0.0238. The summed E-state index contributed by atoms with van der Waals surface area (Å²) in [6, 6.07) is 6.58. The van der Waals surface area contributed by atoms with Gasteiger partial charge in [0.05, 0.1) is 12.6 Å². The lowest BCUT2D eigenvalue weighted by Crippen LogP contribution is -2.45. The van der Waals surface area contributed by atoms with E-state index in [-0.39, 0.29) is 17.8 Å². The molecule has 5 heteroatoms. The average Bonchev–Trinajstić information content (AvgIpc) is 2.78. The van der Waals surface area contributed by atoms with Gasteiger partial charge in [0.2, 0.25) is 5.91 Å². The number of rotatable bonds is 3. The number of amides is 1. The molecule has 0 saturated carbocycles. The highest BCUT2D eigenvalue weighted by Gasteiger charge is 2.27. The summed E-state index contributed by atoms with van der Waals surface area (Å²) in [6.45, 7) is 1.50. The second-order valence-electron chi connectivity index (χ2n) is 6.57. The van der Waals surface area contributed by atoms with Gasteiger partial charge in [0.1, 0.15) is 5.82 Å². The number of aromatic nitrogens is 1. The number of fused-ring (bicyclic) bond motifs is 1. The first-order chi connectivity index (χ1) is 11.0. The van der Waals surface area contributed by atoms with E-state index in [1.54, 1.807) is 11.0 Å². The Labute approximate surface area is 136 Å². The van der Waals surface area contributed by atoms with Crippen molar-refractivity contribution >= 4 is 16.8 Å². The summed E-state index contributed by atoms with van der Waals surface area (Å²) >= 11 is 0. The number of halogens is 1. The molecule has 1 fully saturated rings. The zero-order valence-corrected chi connectivity index (χ0v) is 13.8. The molecule has 0 aliphatic carbocycles. The Bertz CT molecular complexity index is 697. The number of likely N-dealkylation sites (N-methyl/N-ethyl adjacent to an activating group) is 2. The third-order valence-electron chi connectivity index (χ3n) is 4.73. The Morgan fingerprint density at radius 2 is 2.17 bits per heavy atom. The number of H-pyrrole nitrogens is 1. The Kier molecular flexibility index (Phi) is 4.66. The van der Waals surface area contributed by atoms with Gasteiger partial charge in [-0.2, -0.15) is 0 Å². The molecule has 1 saturated heterocycles. The Morgan fingerprint density at radius 3 is 3.00 bits per heavy atom. The summed E-state index contributed by atoms with van der Waals surface area (Å²) in [5, 5.41) is 0.840. The van der Waals surface area contributed by atoms with Crippen molar-refractivity contribution in [2.75, 3.05) is 20.6 Å². The molecule has 1 aromatic carbocycles. The molecule has 0 bridgehead atoms. The SMILES string of the molecule is CN(Cc1cc2cc(F)ccc2[nH]1)C(=O)C1CCCCCN1C. The van der Waals surface area contributed by atoms with Crippen LogP contribution in [0.25, 0.3) is 10.9 Å². The maximum absolute atomic E-state index is 13.3. The molecule has 1 unspecified atom stereocenters. The Hall–Kier alpha value is -1.88. The van der Waals surface area contributed by atoms with Crippen LogP contribution in [-0.2, 0) is 11.3 Å². The van der Waals surface area contributed by atoms with Crippen molar-refractivity contribution in [1.82, 2.24) is 14.8 Å². The quantitative estimate of drug-likeness (QED) is 0.944. The third kappa shape index (κ3) is 3.55. The maximum atomic E-state index is 13.3. The minimum atomic E-state index is -0.243. The standard InChI is InChI=1S/C18H24FN3O/c1-21-9-5-3-4-6-17(21)18(23)22(2)12-15-11-13-10-14(19)7-8-16(13)20-15/h7-8,10-11,17,20H,3-6,9,12H2,1-2H3. The number of likely N-dealkylation sites (tertiary alicyclic amines) is 1. The normalized spacial score (nSPS) is 19.7. The van der Waals surface area contributed by atoms with Crippen molar-refractivity contribution in [1.29, 1.82) is 0 Å². The molecular formula is C18H24FN3O. The fraction of sp³-hybridized carbons (Fsp3) is 0.500. The summed E-state index contributed by atoms with van der Waals surface area (Å²) in [4.78, 5) is 20.0. The van der Waals surface area contributed by atoms with Crippen LogP contribution in [-0.4, -0.2) is 47.4 Å². The van der Waals surface area contributed by atoms with Crippen LogP contribution in [0.5, 0.6) is 0 Å². The lowest BCUT2D eigenvalue weighted by atomic mass is 10.1. The number of aromatic amines is 1. The van der Waals surface area contributed by atoms with E-state index in [0.717, 1.165) is 42.4 Å². The number of nitrogens with zero attached hydrogens (tertiary/aromatic N) is 2. The van der Waals surface area contributed by atoms with Crippen molar-refractivity contribution < 1.29 is 9.18 Å². The topological polar surface area (TPSA) is 39.3 Å². The van der Waals surface area contributed by atoms with E-state index in [0.29, 0.717) is 6.54 Å². The predicted molar refractivity (Wildman–Crippen MR) is 89.6 cm³/mol. The number of nitrogens with one attached hydrogen (secondary N) is 1. The first kappa shape index (κ1) is 16.0. The van der Waals surface area contributed by atoms with Crippen LogP contribution in [0.4, 0.5) is 4.39 Å². The zero-order chi connectivity index (χ0) is 16.4. The lowest BCUT2D eigenvalue weighted by molar-refractivity contribution is -0.135. The molecule has 23 heavy (non-hydrogen) atoms. The smallest absolute Gasteiger partial charge is 0.240 e. The van der Waals surface area contributed by atoms with Gasteiger partial charge in [0.25, 0.3) is 0 Å². The van der Waals surface area contributed by atoms with Crippen molar-refractivity contribution in [2.24, 2.45) is 0 Å². The lowest BCUT2D eigenvalue weighted by Gasteiger charge is -2.29. The van der Waals surface area contributed by atoms with E-state index in [1.165, 1.54) is 18.6 Å². The predicted octanol–water partition coefficient (Wildman–Crippen LogP) is 3.14. The molecule has 2 heterocycles. The highest BCUT2D eigenvalue weighted by Crippen LogP contribution is 2.20. The molecule has 1 amide bonds. The van der Waals surface area contributed by atoms with Gasteiger partial charge in [0.15, 0.2) is 0 Å². The van der Waals surface area contributed by atoms with Gasteiger partial charge in [-0.1, -0.05) is 12.8 Å². The summed E-state index contributed by atoms with van der Waals surface area (Å²) in [5.74, 6) is -0.0770. The number of hydrogen-bond acceptors (Lipinski definition) is 2. The number of hydrogen-bond donors (Lipinski definition) is 1. The van der Waals surface area contributed by atoms with E-state index in [1.807, 2.05) is 20.2 Å². The van der Waals surface area contributed by atoms with Crippen LogP contribution in [0, 0.1) is 5.82 Å². The van der Waals surface area contributed by atoms with Crippen LogP contribution >= 0.6 is 0 Å². The zero-order valence-electron chi connectivity index (χ0n) is 13.8.